The number of likely N-dealkylation sites (N-methyl/N-ethyl adjacent to an activating group) is 1. The number of aryl methyl sites for hydroxylation is 1. The van der Waals surface area contributed by atoms with E-state index in [1.807, 2.05) is 19.2 Å². The predicted molar refractivity (Wildman–Crippen MR) is 99.8 cm³/mol. The fourth-order valence-electron chi connectivity index (χ4n) is 2.59. The van der Waals surface area contributed by atoms with Gasteiger partial charge < -0.3 is 15.2 Å². The lowest BCUT2D eigenvalue weighted by molar-refractivity contribution is -0.114. The molecule has 0 aliphatic carbocycles. The molecule has 2 N–H and O–H groups in total. The van der Waals surface area contributed by atoms with Crippen LogP contribution in [0, 0.1) is 6.92 Å². The molecule has 0 bridgehead atoms. The molecule has 0 saturated carbocycles. The van der Waals surface area contributed by atoms with Gasteiger partial charge in [0.15, 0.2) is 0 Å². The molecule has 0 aliphatic rings. The van der Waals surface area contributed by atoms with E-state index < -0.39 is 6.10 Å². The molecule has 2 aromatic carbocycles. The van der Waals surface area contributed by atoms with Crippen LogP contribution in [0.15, 0.2) is 48.5 Å². The van der Waals surface area contributed by atoms with Crippen LogP contribution in [-0.4, -0.2) is 42.2 Å². The molecule has 25 heavy (non-hydrogen) atoms. The topological polar surface area (TPSA) is 61.8 Å². The molecule has 134 valence electrons. The van der Waals surface area contributed by atoms with Gasteiger partial charge in [-0.25, -0.2) is 0 Å². The smallest absolute Gasteiger partial charge is 0.221 e. The second-order valence-electron chi connectivity index (χ2n) is 6.29. The van der Waals surface area contributed by atoms with Gasteiger partial charge in [0.2, 0.25) is 5.91 Å². The first-order chi connectivity index (χ1) is 11.9. The molecule has 5 heteroatoms. The molecule has 0 saturated heterocycles. The van der Waals surface area contributed by atoms with Crippen molar-refractivity contribution in [3.05, 3.63) is 59.7 Å². The molecule has 0 aliphatic heterocycles. The van der Waals surface area contributed by atoms with Crippen LogP contribution in [0.4, 0.5) is 5.69 Å². The molecule has 2 rings (SSSR count). The standard InChI is InChI=1S/C20H26N2O3/c1-15-6-4-5-7-17(15)12-22(3)13-19(24)14-25-20-10-8-18(9-11-20)21-16(2)23/h4-11,19,24H,12-14H2,1-3H3,(H,21,23). The fourth-order valence-corrected chi connectivity index (χ4v) is 2.59. The minimum atomic E-state index is -0.580. The predicted octanol–water partition coefficient (Wildman–Crippen LogP) is 2.83. The molecule has 0 spiro atoms. The van der Waals surface area contributed by atoms with Gasteiger partial charge in [-0.05, 0) is 49.4 Å². The summed E-state index contributed by atoms with van der Waals surface area (Å²) in [5.41, 5.74) is 3.23. The average Bonchev–Trinajstić information content (AvgIpc) is 2.56. The van der Waals surface area contributed by atoms with Crippen molar-refractivity contribution in [2.75, 3.05) is 25.5 Å². The Morgan fingerprint density at radius 3 is 2.52 bits per heavy atom. The van der Waals surface area contributed by atoms with Crippen molar-refractivity contribution in [2.45, 2.75) is 26.5 Å². The van der Waals surface area contributed by atoms with E-state index in [1.165, 1.54) is 18.1 Å². The zero-order valence-corrected chi connectivity index (χ0v) is 15.0. The van der Waals surface area contributed by atoms with Gasteiger partial charge in [0.05, 0.1) is 0 Å². The lowest BCUT2D eigenvalue weighted by Gasteiger charge is -2.21. The first-order valence-corrected chi connectivity index (χ1v) is 8.35. The van der Waals surface area contributed by atoms with Gasteiger partial charge in [-0.15, -0.1) is 0 Å². The molecule has 2 aromatic rings. The van der Waals surface area contributed by atoms with Gasteiger partial charge in [0, 0.05) is 25.7 Å². The van der Waals surface area contributed by atoms with E-state index in [9.17, 15) is 9.90 Å². The summed E-state index contributed by atoms with van der Waals surface area (Å²) in [6.45, 7) is 5.09. The number of nitrogens with one attached hydrogen (secondary N) is 1. The largest absolute Gasteiger partial charge is 0.491 e. The van der Waals surface area contributed by atoms with E-state index in [0.717, 1.165) is 12.2 Å². The number of rotatable bonds is 8. The van der Waals surface area contributed by atoms with Crippen molar-refractivity contribution in [2.24, 2.45) is 0 Å². The summed E-state index contributed by atoms with van der Waals surface area (Å²) >= 11 is 0. The summed E-state index contributed by atoms with van der Waals surface area (Å²) in [6.07, 6.45) is -0.580. The summed E-state index contributed by atoms with van der Waals surface area (Å²) in [7, 11) is 1.98. The Balaban J connectivity index is 1.77. The Hall–Kier alpha value is -2.37. The van der Waals surface area contributed by atoms with Crippen molar-refractivity contribution in [3.8, 4) is 5.75 Å². The number of anilines is 1. The molecule has 0 aromatic heterocycles. The first-order valence-electron chi connectivity index (χ1n) is 8.35. The van der Waals surface area contributed by atoms with E-state index in [1.54, 1.807) is 24.3 Å². The highest BCUT2D eigenvalue weighted by Crippen LogP contribution is 2.16. The summed E-state index contributed by atoms with van der Waals surface area (Å²) in [6, 6.07) is 15.3. The molecule has 0 heterocycles. The van der Waals surface area contributed by atoms with Crippen molar-refractivity contribution >= 4 is 11.6 Å². The number of carbonyl (C=O) groups excluding carboxylic acids is 1. The van der Waals surface area contributed by atoms with Gasteiger partial charge in [-0.2, -0.15) is 0 Å². The van der Waals surface area contributed by atoms with Crippen LogP contribution in [0.3, 0.4) is 0 Å². The quantitative estimate of drug-likeness (QED) is 0.774. The molecule has 1 unspecified atom stereocenters. The second-order valence-corrected chi connectivity index (χ2v) is 6.29. The Labute approximate surface area is 149 Å². The number of hydrogen-bond donors (Lipinski definition) is 2. The Kier molecular flexibility index (Phi) is 6.98. The fraction of sp³-hybridized carbons (Fsp3) is 0.350. The van der Waals surface area contributed by atoms with Gasteiger partial charge in [0.25, 0.3) is 0 Å². The third-order valence-corrected chi connectivity index (χ3v) is 3.84. The Morgan fingerprint density at radius 1 is 1.20 bits per heavy atom. The number of aliphatic hydroxyl groups excluding tert-OH is 1. The number of amides is 1. The number of aliphatic hydroxyl groups is 1. The number of ether oxygens (including phenoxy) is 1. The third kappa shape index (κ3) is 6.57. The minimum absolute atomic E-state index is 0.110. The summed E-state index contributed by atoms with van der Waals surface area (Å²) < 4.78 is 5.61. The Bertz CT molecular complexity index is 686. The van der Waals surface area contributed by atoms with Crippen LogP contribution in [0.1, 0.15) is 18.1 Å². The van der Waals surface area contributed by atoms with E-state index in [0.29, 0.717) is 12.3 Å². The van der Waals surface area contributed by atoms with Crippen LogP contribution in [0.25, 0.3) is 0 Å². The van der Waals surface area contributed by atoms with Crippen molar-refractivity contribution in [1.29, 1.82) is 0 Å². The number of carbonyl (C=O) groups is 1. The zero-order chi connectivity index (χ0) is 18.2. The van der Waals surface area contributed by atoms with E-state index in [4.69, 9.17) is 4.74 Å². The van der Waals surface area contributed by atoms with Gasteiger partial charge in [0.1, 0.15) is 18.5 Å². The highest BCUT2D eigenvalue weighted by molar-refractivity contribution is 5.88. The molecular weight excluding hydrogens is 316 g/mol. The van der Waals surface area contributed by atoms with Crippen LogP contribution >= 0.6 is 0 Å². The molecule has 0 fully saturated rings. The van der Waals surface area contributed by atoms with Gasteiger partial charge >= 0.3 is 0 Å². The highest BCUT2D eigenvalue weighted by Gasteiger charge is 2.10. The lowest BCUT2D eigenvalue weighted by atomic mass is 10.1. The minimum Gasteiger partial charge on any atom is -0.491 e. The monoisotopic (exact) mass is 342 g/mol. The van der Waals surface area contributed by atoms with Crippen LogP contribution in [0.2, 0.25) is 0 Å². The maximum absolute atomic E-state index is 11.0. The maximum Gasteiger partial charge on any atom is 0.221 e. The first kappa shape index (κ1) is 19.0. The number of benzene rings is 2. The van der Waals surface area contributed by atoms with Gasteiger partial charge in [-0.1, -0.05) is 24.3 Å². The number of nitrogens with zero attached hydrogens (tertiary/aromatic N) is 1. The molecule has 5 nitrogen and oxygen atoms in total. The Morgan fingerprint density at radius 2 is 1.88 bits per heavy atom. The normalized spacial score (nSPS) is 12.0. The van der Waals surface area contributed by atoms with Crippen LogP contribution in [0.5, 0.6) is 5.75 Å². The van der Waals surface area contributed by atoms with Crippen molar-refractivity contribution in [3.63, 3.8) is 0 Å². The molecule has 0 radical (unpaired) electrons. The van der Waals surface area contributed by atoms with E-state index in [2.05, 4.69) is 29.3 Å². The van der Waals surface area contributed by atoms with Gasteiger partial charge in [-0.3, -0.25) is 9.69 Å². The molecule has 1 atom stereocenters. The third-order valence-electron chi connectivity index (χ3n) is 3.84. The van der Waals surface area contributed by atoms with E-state index in [-0.39, 0.29) is 12.5 Å². The molecule has 1 amide bonds. The highest BCUT2D eigenvalue weighted by atomic mass is 16.5. The lowest BCUT2D eigenvalue weighted by Crippen LogP contribution is -2.32. The van der Waals surface area contributed by atoms with Crippen LogP contribution in [-0.2, 0) is 11.3 Å². The number of hydrogen-bond acceptors (Lipinski definition) is 4. The SMILES string of the molecule is CC(=O)Nc1ccc(OCC(O)CN(C)Cc2ccccc2C)cc1. The zero-order valence-electron chi connectivity index (χ0n) is 15.0. The van der Waals surface area contributed by atoms with Crippen molar-refractivity contribution < 1.29 is 14.6 Å². The maximum atomic E-state index is 11.0. The molecular formula is C20H26N2O3. The van der Waals surface area contributed by atoms with Crippen molar-refractivity contribution in [1.82, 2.24) is 4.90 Å². The van der Waals surface area contributed by atoms with Crippen LogP contribution < -0.4 is 10.1 Å². The summed E-state index contributed by atoms with van der Waals surface area (Å²) in [4.78, 5) is 13.1. The van der Waals surface area contributed by atoms with E-state index >= 15 is 0 Å². The summed E-state index contributed by atoms with van der Waals surface area (Å²) in [5, 5.41) is 12.9. The average molecular weight is 342 g/mol. The summed E-state index contributed by atoms with van der Waals surface area (Å²) in [5.74, 6) is 0.551. The second kappa shape index (κ2) is 9.20.